The fourth-order valence-corrected chi connectivity index (χ4v) is 3.85. The molecule has 128 valence electrons. The van der Waals surface area contributed by atoms with E-state index in [0.717, 1.165) is 5.56 Å². The Hall–Kier alpha value is -0.650. The lowest BCUT2D eigenvalue weighted by atomic mass is 10.0. The van der Waals surface area contributed by atoms with E-state index in [1.165, 1.54) is 6.92 Å². The van der Waals surface area contributed by atoms with Gasteiger partial charge in [-0.1, -0.05) is 30.7 Å². The number of carbonyl (C=O) groups is 1. The molecule has 1 saturated carbocycles. The van der Waals surface area contributed by atoms with E-state index in [4.69, 9.17) is 34.8 Å². The molecule has 1 aliphatic rings. The minimum absolute atomic E-state index is 0.403. The Morgan fingerprint density at radius 2 is 1.83 bits per heavy atom. The standard InChI is InChI=1S/C15H15Cl3F3NO/c1-8(9-3-5-10(16)6-4-9)22-12(23)11-13(2,15(11,17)18)7-14(19,20)21/h3-6,8,11H,7H2,1-2H3,(H,22,23)/t8?,11-,13-/m1/s1. The molecular formula is C15H15Cl3F3NO. The van der Waals surface area contributed by atoms with Crippen LogP contribution in [-0.4, -0.2) is 16.4 Å². The lowest BCUT2D eigenvalue weighted by molar-refractivity contribution is -0.148. The first-order valence-electron chi connectivity index (χ1n) is 6.89. The summed E-state index contributed by atoms with van der Waals surface area (Å²) < 4.78 is 36.3. The molecule has 0 aromatic heterocycles. The Balaban J connectivity index is 2.07. The molecule has 2 nitrogen and oxygen atoms in total. The molecule has 3 atom stereocenters. The van der Waals surface area contributed by atoms with Gasteiger partial charge in [-0.3, -0.25) is 4.79 Å². The Morgan fingerprint density at radius 1 is 1.30 bits per heavy atom. The molecule has 0 radical (unpaired) electrons. The summed E-state index contributed by atoms with van der Waals surface area (Å²) in [6.45, 7) is 2.99. The summed E-state index contributed by atoms with van der Waals surface area (Å²) in [5.41, 5.74) is -0.756. The average molecular weight is 389 g/mol. The lowest BCUT2D eigenvalue weighted by Crippen LogP contribution is -2.30. The van der Waals surface area contributed by atoms with Crippen LogP contribution in [0.2, 0.25) is 5.02 Å². The molecule has 0 aliphatic heterocycles. The number of hydrogen-bond donors (Lipinski definition) is 1. The zero-order valence-corrected chi connectivity index (χ0v) is 14.6. The molecule has 8 heteroatoms. The minimum Gasteiger partial charge on any atom is -0.349 e. The number of carbonyl (C=O) groups excluding carboxylic acids is 1. The van der Waals surface area contributed by atoms with Crippen LogP contribution >= 0.6 is 34.8 Å². The summed E-state index contributed by atoms with van der Waals surface area (Å²) in [6.07, 6.45) is -5.65. The van der Waals surface area contributed by atoms with E-state index in [1.54, 1.807) is 31.2 Å². The van der Waals surface area contributed by atoms with Crippen LogP contribution in [0.5, 0.6) is 0 Å². The second-order valence-corrected chi connectivity index (χ2v) is 7.87. The van der Waals surface area contributed by atoms with E-state index in [2.05, 4.69) is 5.32 Å². The topological polar surface area (TPSA) is 29.1 Å². The van der Waals surface area contributed by atoms with Gasteiger partial charge in [0.2, 0.25) is 5.91 Å². The first-order chi connectivity index (χ1) is 10.4. The molecule has 0 saturated heterocycles. The van der Waals surface area contributed by atoms with Crippen LogP contribution in [0, 0.1) is 11.3 Å². The van der Waals surface area contributed by atoms with Gasteiger partial charge in [-0.2, -0.15) is 13.2 Å². The maximum Gasteiger partial charge on any atom is 0.389 e. The summed E-state index contributed by atoms with van der Waals surface area (Å²) >= 11 is 17.7. The smallest absolute Gasteiger partial charge is 0.349 e. The van der Waals surface area contributed by atoms with Crippen molar-refractivity contribution < 1.29 is 18.0 Å². The van der Waals surface area contributed by atoms with Crippen molar-refractivity contribution in [1.29, 1.82) is 0 Å². The quantitative estimate of drug-likeness (QED) is 0.699. The zero-order chi connectivity index (χ0) is 17.6. The van der Waals surface area contributed by atoms with Gasteiger partial charge >= 0.3 is 6.18 Å². The number of amides is 1. The van der Waals surface area contributed by atoms with Gasteiger partial charge in [-0.25, -0.2) is 0 Å². The third-order valence-corrected chi connectivity index (χ3v) is 5.79. The van der Waals surface area contributed by atoms with E-state index in [1.807, 2.05) is 0 Å². The van der Waals surface area contributed by atoms with Crippen LogP contribution in [0.15, 0.2) is 24.3 Å². The SMILES string of the molecule is CC(NC(=O)[C@H]1C(Cl)(Cl)[C@]1(C)CC(F)(F)F)c1ccc(Cl)cc1. The van der Waals surface area contributed by atoms with E-state index in [0.29, 0.717) is 5.02 Å². The normalized spacial score (nSPS) is 27.4. The molecule has 1 N–H and O–H groups in total. The molecule has 1 aromatic rings. The summed E-state index contributed by atoms with van der Waals surface area (Å²) in [4.78, 5) is 12.3. The Bertz CT molecular complexity index is 603. The van der Waals surface area contributed by atoms with Crippen LogP contribution in [0.4, 0.5) is 13.2 Å². The molecule has 1 fully saturated rings. The highest BCUT2D eigenvalue weighted by Crippen LogP contribution is 2.72. The van der Waals surface area contributed by atoms with Gasteiger partial charge in [0.15, 0.2) is 0 Å². The van der Waals surface area contributed by atoms with Gasteiger partial charge in [-0.15, -0.1) is 23.2 Å². The first kappa shape index (κ1) is 18.7. The predicted molar refractivity (Wildman–Crippen MR) is 84.7 cm³/mol. The molecule has 0 heterocycles. The predicted octanol–water partition coefficient (Wildman–Crippen LogP) is 5.28. The second kappa shape index (κ2) is 6.01. The molecule has 1 amide bonds. The Labute approximate surface area is 147 Å². The molecule has 23 heavy (non-hydrogen) atoms. The van der Waals surface area contributed by atoms with Crippen molar-refractivity contribution >= 4 is 40.7 Å². The van der Waals surface area contributed by atoms with Gasteiger partial charge in [-0.05, 0) is 24.6 Å². The summed E-state index contributed by atoms with van der Waals surface area (Å²) in [7, 11) is 0. The monoisotopic (exact) mass is 387 g/mol. The van der Waals surface area contributed by atoms with Crippen molar-refractivity contribution in [1.82, 2.24) is 5.32 Å². The molecule has 0 spiro atoms. The van der Waals surface area contributed by atoms with Crippen LogP contribution in [0.1, 0.15) is 31.9 Å². The van der Waals surface area contributed by atoms with Crippen LogP contribution < -0.4 is 5.32 Å². The van der Waals surface area contributed by atoms with Gasteiger partial charge in [0, 0.05) is 10.4 Å². The number of halogens is 6. The van der Waals surface area contributed by atoms with E-state index in [9.17, 15) is 18.0 Å². The maximum atomic E-state index is 12.7. The van der Waals surface area contributed by atoms with Crippen LogP contribution in [0.3, 0.4) is 0 Å². The van der Waals surface area contributed by atoms with Gasteiger partial charge in [0.1, 0.15) is 4.33 Å². The van der Waals surface area contributed by atoms with Gasteiger partial charge in [0.25, 0.3) is 0 Å². The van der Waals surface area contributed by atoms with Crippen LogP contribution in [0.25, 0.3) is 0 Å². The first-order valence-corrected chi connectivity index (χ1v) is 8.02. The van der Waals surface area contributed by atoms with Gasteiger partial charge in [0.05, 0.1) is 18.4 Å². The second-order valence-electron chi connectivity index (χ2n) is 6.05. The highest BCUT2D eigenvalue weighted by molar-refractivity contribution is 6.53. The molecular weight excluding hydrogens is 374 g/mol. The van der Waals surface area contributed by atoms with Crippen molar-refractivity contribution in [2.75, 3.05) is 0 Å². The summed E-state index contributed by atoms with van der Waals surface area (Å²) in [5.74, 6) is -1.71. The number of rotatable bonds is 4. The van der Waals surface area contributed by atoms with E-state index < -0.39 is 40.2 Å². The fraction of sp³-hybridized carbons (Fsp3) is 0.533. The lowest BCUT2D eigenvalue weighted by Gasteiger charge is -2.16. The van der Waals surface area contributed by atoms with Crippen LogP contribution in [-0.2, 0) is 4.79 Å². The van der Waals surface area contributed by atoms with Crippen molar-refractivity contribution in [3.63, 3.8) is 0 Å². The maximum absolute atomic E-state index is 12.7. The Morgan fingerprint density at radius 3 is 2.30 bits per heavy atom. The van der Waals surface area contributed by atoms with Crippen molar-refractivity contribution in [2.45, 2.75) is 36.8 Å². The van der Waals surface area contributed by atoms with Crippen molar-refractivity contribution in [2.24, 2.45) is 11.3 Å². The Kier molecular flexibility index (Phi) is 4.88. The molecule has 2 rings (SSSR count). The summed E-state index contributed by atoms with van der Waals surface area (Å²) in [6, 6.07) is 6.38. The number of hydrogen-bond acceptors (Lipinski definition) is 1. The average Bonchev–Trinajstić information content (AvgIpc) is 2.79. The van der Waals surface area contributed by atoms with E-state index >= 15 is 0 Å². The highest BCUT2D eigenvalue weighted by Gasteiger charge is 2.78. The minimum atomic E-state index is -4.44. The molecule has 0 bridgehead atoms. The van der Waals surface area contributed by atoms with Crippen molar-refractivity contribution in [3.05, 3.63) is 34.9 Å². The fourth-order valence-electron chi connectivity index (χ4n) is 2.81. The summed E-state index contributed by atoms with van der Waals surface area (Å²) in [5, 5.41) is 3.20. The molecule has 1 aromatic carbocycles. The number of alkyl halides is 5. The molecule has 1 unspecified atom stereocenters. The highest BCUT2D eigenvalue weighted by atomic mass is 35.5. The molecule has 1 aliphatic carbocycles. The number of nitrogens with one attached hydrogen (secondary N) is 1. The third kappa shape index (κ3) is 3.72. The largest absolute Gasteiger partial charge is 0.389 e. The van der Waals surface area contributed by atoms with Gasteiger partial charge < -0.3 is 5.32 Å². The van der Waals surface area contributed by atoms with E-state index in [-0.39, 0.29) is 0 Å². The third-order valence-electron chi connectivity index (χ3n) is 4.24. The number of benzene rings is 1. The van der Waals surface area contributed by atoms with Crippen molar-refractivity contribution in [3.8, 4) is 0 Å². The zero-order valence-electron chi connectivity index (χ0n) is 12.3.